The standard InChI is InChI=1S/C19H15F2N5O2/c1-9-5-12(6-10(2)16(9)21)24-18-22-8-13(20)17(26-18)23-11-3-4-15-14(7-11)25-19(27)28-15/h3-8H,1-2H3,(H,25,27)(H2,22,23,24,26). The van der Waals surface area contributed by atoms with Crippen molar-refractivity contribution in [3.63, 3.8) is 0 Å². The molecule has 4 rings (SSSR count). The summed E-state index contributed by atoms with van der Waals surface area (Å²) in [4.78, 5) is 21.8. The lowest BCUT2D eigenvalue weighted by Crippen LogP contribution is -2.04. The van der Waals surface area contributed by atoms with Crippen molar-refractivity contribution < 1.29 is 13.2 Å². The van der Waals surface area contributed by atoms with Crippen LogP contribution < -0.4 is 16.4 Å². The van der Waals surface area contributed by atoms with E-state index >= 15 is 0 Å². The van der Waals surface area contributed by atoms with E-state index in [0.717, 1.165) is 6.20 Å². The summed E-state index contributed by atoms with van der Waals surface area (Å²) in [5, 5.41) is 5.78. The second kappa shape index (κ2) is 6.76. The number of nitrogens with one attached hydrogen (secondary N) is 3. The molecule has 142 valence electrons. The number of aromatic nitrogens is 3. The minimum Gasteiger partial charge on any atom is -0.408 e. The SMILES string of the molecule is Cc1cc(Nc2ncc(F)c(Nc3ccc4oc(=O)[nH]c4c3)n2)cc(C)c1F. The number of rotatable bonds is 4. The summed E-state index contributed by atoms with van der Waals surface area (Å²) in [6.07, 6.45) is 1.03. The first-order chi connectivity index (χ1) is 13.4. The average Bonchev–Trinajstić information content (AvgIpc) is 3.02. The first-order valence-electron chi connectivity index (χ1n) is 8.35. The van der Waals surface area contributed by atoms with E-state index in [1.807, 2.05) is 0 Å². The normalized spacial score (nSPS) is 11.0. The Bertz CT molecular complexity index is 1230. The predicted molar refractivity (Wildman–Crippen MR) is 101 cm³/mol. The van der Waals surface area contributed by atoms with Crippen LogP contribution in [-0.2, 0) is 0 Å². The van der Waals surface area contributed by atoms with Crippen LogP contribution in [0.15, 0.2) is 45.7 Å². The van der Waals surface area contributed by atoms with Crippen LogP contribution in [0.3, 0.4) is 0 Å². The largest absolute Gasteiger partial charge is 0.417 e. The van der Waals surface area contributed by atoms with Gasteiger partial charge in [0.05, 0.1) is 11.7 Å². The number of nitrogens with zero attached hydrogens (tertiary/aromatic N) is 2. The third kappa shape index (κ3) is 3.41. The van der Waals surface area contributed by atoms with Crippen molar-refractivity contribution in [1.82, 2.24) is 15.0 Å². The number of aromatic amines is 1. The van der Waals surface area contributed by atoms with Crippen LogP contribution in [0, 0.1) is 25.5 Å². The maximum absolute atomic E-state index is 14.2. The maximum atomic E-state index is 14.2. The molecule has 0 aliphatic carbocycles. The summed E-state index contributed by atoms with van der Waals surface area (Å²) < 4.78 is 32.9. The molecule has 0 aliphatic heterocycles. The molecule has 0 bridgehead atoms. The molecule has 28 heavy (non-hydrogen) atoms. The van der Waals surface area contributed by atoms with Gasteiger partial charge in [-0.25, -0.2) is 18.6 Å². The van der Waals surface area contributed by atoms with Crippen LogP contribution in [0.2, 0.25) is 0 Å². The zero-order valence-electron chi connectivity index (χ0n) is 14.9. The second-order valence-corrected chi connectivity index (χ2v) is 6.29. The zero-order chi connectivity index (χ0) is 19.8. The van der Waals surface area contributed by atoms with E-state index in [9.17, 15) is 13.6 Å². The van der Waals surface area contributed by atoms with Crippen molar-refractivity contribution in [3.8, 4) is 0 Å². The Kier molecular flexibility index (Phi) is 4.26. The van der Waals surface area contributed by atoms with Gasteiger partial charge in [0.25, 0.3) is 0 Å². The second-order valence-electron chi connectivity index (χ2n) is 6.29. The van der Waals surface area contributed by atoms with Gasteiger partial charge in [0, 0.05) is 11.4 Å². The molecule has 0 radical (unpaired) electrons. The Hall–Kier alpha value is -3.75. The van der Waals surface area contributed by atoms with E-state index in [2.05, 4.69) is 25.6 Å². The molecule has 3 N–H and O–H groups in total. The van der Waals surface area contributed by atoms with E-state index in [0.29, 0.717) is 33.6 Å². The summed E-state index contributed by atoms with van der Waals surface area (Å²) in [6.45, 7) is 3.31. The minimum absolute atomic E-state index is 0.0572. The fourth-order valence-corrected chi connectivity index (χ4v) is 2.83. The number of aryl methyl sites for hydroxylation is 2. The molecule has 0 saturated heterocycles. The van der Waals surface area contributed by atoms with Gasteiger partial charge in [-0.05, 0) is 55.3 Å². The van der Waals surface area contributed by atoms with Crippen molar-refractivity contribution >= 4 is 34.2 Å². The Morgan fingerprint density at radius 2 is 1.79 bits per heavy atom. The van der Waals surface area contributed by atoms with E-state index < -0.39 is 11.6 Å². The lowest BCUT2D eigenvalue weighted by atomic mass is 10.1. The molecule has 0 atom stereocenters. The molecule has 9 heteroatoms. The molecule has 0 amide bonds. The number of hydrogen-bond donors (Lipinski definition) is 3. The molecule has 2 heterocycles. The van der Waals surface area contributed by atoms with E-state index in [-0.39, 0.29) is 17.6 Å². The van der Waals surface area contributed by atoms with Gasteiger partial charge >= 0.3 is 5.76 Å². The van der Waals surface area contributed by atoms with Crippen LogP contribution in [0.4, 0.5) is 31.9 Å². The number of H-pyrrole nitrogens is 1. The smallest absolute Gasteiger partial charge is 0.408 e. The number of anilines is 4. The lowest BCUT2D eigenvalue weighted by Gasteiger charge is -2.11. The fourth-order valence-electron chi connectivity index (χ4n) is 2.83. The van der Waals surface area contributed by atoms with Gasteiger partial charge < -0.3 is 15.1 Å². The molecule has 0 fully saturated rings. The molecular weight excluding hydrogens is 368 g/mol. The monoisotopic (exact) mass is 383 g/mol. The van der Waals surface area contributed by atoms with Crippen LogP contribution in [0.1, 0.15) is 11.1 Å². The van der Waals surface area contributed by atoms with Crippen molar-refractivity contribution in [2.75, 3.05) is 10.6 Å². The van der Waals surface area contributed by atoms with Crippen molar-refractivity contribution in [1.29, 1.82) is 0 Å². The van der Waals surface area contributed by atoms with Gasteiger partial charge in [0.15, 0.2) is 17.2 Å². The molecule has 7 nitrogen and oxygen atoms in total. The number of benzene rings is 2. The van der Waals surface area contributed by atoms with Gasteiger partial charge in [-0.15, -0.1) is 0 Å². The molecule has 4 aromatic rings. The molecular formula is C19H15F2N5O2. The number of fused-ring (bicyclic) bond motifs is 1. The van der Waals surface area contributed by atoms with Gasteiger partial charge in [-0.2, -0.15) is 4.98 Å². The zero-order valence-corrected chi connectivity index (χ0v) is 14.9. The lowest BCUT2D eigenvalue weighted by molar-refractivity contribution is 0.555. The highest BCUT2D eigenvalue weighted by molar-refractivity contribution is 5.78. The number of halogens is 2. The Morgan fingerprint density at radius 3 is 2.54 bits per heavy atom. The fraction of sp³-hybridized carbons (Fsp3) is 0.105. The van der Waals surface area contributed by atoms with Crippen molar-refractivity contribution in [3.05, 3.63) is 69.8 Å². The van der Waals surface area contributed by atoms with Crippen LogP contribution in [-0.4, -0.2) is 15.0 Å². The van der Waals surface area contributed by atoms with Gasteiger partial charge in [-0.3, -0.25) is 4.98 Å². The number of oxazole rings is 1. The highest BCUT2D eigenvalue weighted by Crippen LogP contribution is 2.24. The molecule has 2 aromatic heterocycles. The molecule has 0 saturated carbocycles. The first-order valence-corrected chi connectivity index (χ1v) is 8.35. The highest BCUT2D eigenvalue weighted by atomic mass is 19.1. The minimum atomic E-state index is -0.655. The van der Waals surface area contributed by atoms with Crippen LogP contribution in [0.5, 0.6) is 0 Å². The summed E-state index contributed by atoms with van der Waals surface area (Å²) in [6, 6.07) is 8.04. The Labute approximate surface area is 157 Å². The third-order valence-corrected chi connectivity index (χ3v) is 4.12. The average molecular weight is 383 g/mol. The maximum Gasteiger partial charge on any atom is 0.417 e. The predicted octanol–water partition coefficient (Wildman–Crippen LogP) is 4.29. The molecule has 2 aromatic carbocycles. The van der Waals surface area contributed by atoms with E-state index in [1.165, 1.54) is 0 Å². The quantitative estimate of drug-likeness (QED) is 0.486. The van der Waals surface area contributed by atoms with E-state index in [1.54, 1.807) is 44.2 Å². The first kappa shape index (κ1) is 17.7. The molecule has 0 spiro atoms. The third-order valence-electron chi connectivity index (χ3n) is 4.12. The molecule has 0 aliphatic rings. The molecule has 0 unspecified atom stereocenters. The number of hydrogen-bond acceptors (Lipinski definition) is 6. The van der Waals surface area contributed by atoms with E-state index in [4.69, 9.17) is 4.42 Å². The van der Waals surface area contributed by atoms with Crippen LogP contribution >= 0.6 is 0 Å². The highest BCUT2D eigenvalue weighted by Gasteiger charge is 2.11. The van der Waals surface area contributed by atoms with Crippen LogP contribution in [0.25, 0.3) is 11.1 Å². The Morgan fingerprint density at radius 1 is 1.04 bits per heavy atom. The topological polar surface area (TPSA) is 95.8 Å². The Balaban J connectivity index is 1.62. The van der Waals surface area contributed by atoms with Crippen molar-refractivity contribution in [2.45, 2.75) is 13.8 Å². The summed E-state index contributed by atoms with van der Waals surface area (Å²) >= 11 is 0. The summed E-state index contributed by atoms with van der Waals surface area (Å²) in [5.41, 5.74) is 2.91. The van der Waals surface area contributed by atoms with Crippen molar-refractivity contribution in [2.24, 2.45) is 0 Å². The summed E-state index contributed by atoms with van der Waals surface area (Å²) in [5.74, 6) is -1.42. The van der Waals surface area contributed by atoms with Gasteiger partial charge in [-0.1, -0.05) is 0 Å². The summed E-state index contributed by atoms with van der Waals surface area (Å²) in [7, 11) is 0. The van der Waals surface area contributed by atoms with Gasteiger partial charge in [0.1, 0.15) is 5.82 Å². The van der Waals surface area contributed by atoms with Gasteiger partial charge in [0.2, 0.25) is 5.95 Å².